The average Bonchev–Trinajstić information content (AvgIpc) is 2.67. The number of halogens is 1. The first-order chi connectivity index (χ1) is 14.0. The second-order valence-corrected chi connectivity index (χ2v) is 9.12. The Kier molecular flexibility index (Phi) is 6.03. The third-order valence-corrected chi connectivity index (χ3v) is 6.59. The first-order valence-corrected chi connectivity index (χ1v) is 10.9. The number of ether oxygens (including phenoxy) is 1. The lowest BCUT2D eigenvalue weighted by atomic mass is 10.1. The van der Waals surface area contributed by atoms with Gasteiger partial charge in [-0.25, -0.2) is 18.0 Å². The van der Waals surface area contributed by atoms with Gasteiger partial charge in [-0.05, 0) is 51.5 Å². The van der Waals surface area contributed by atoms with Gasteiger partial charge < -0.3 is 9.15 Å². The molecule has 0 spiro atoms. The van der Waals surface area contributed by atoms with E-state index in [0.717, 1.165) is 5.56 Å². The predicted molar refractivity (Wildman–Crippen MR) is 114 cm³/mol. The fourth-order valence-corrected chi connectivity index (χ4v) is 4.18. The summed E-state index contributed by atoms with van der Waals surface area (Å²) in [6, 6.07) is 7.89. The second kappa shape index (κ2) is 8.22. The molecule has 0 aliphatic heterocycles. The number of aryl methyl sites for hydroxylation is 2. The highest BCUT2D eigenvalue weighted by atomic mass is 35.5. The minimum atomic E-state index is -3.92. The van der Waals surface area contributed by atoms with E-state index in [0.29, 0.717) is 16.5 Å². The Morgan fingerprint density at radius 3 is 2.37 bits per heavy atom. The number of sulfonamides is 1. The van der Waals surface area contributed by atoms with Crippen LogP contribution in [0.1, 0.15) is 23.6 Å². The summed E-state index contributed by atoms with van der Waals surface area (Å²) in [4.78, 5) is 24.4. The van der Waals surface area contributed by atoms with Crippen molar-refractivity contribution in [1.82, 2.24) is 4.72 Å². The highest BCUT2D eigenvalue weighted by Gasteiger charge is 2.24. The molecule has 0 unspecified atom stereocenters. The van der Waals surface area contributed by atoms with Crippen LogP contribution in [0.25, 0.3) is 11.0 Å². The molecule has 3 aromatic rings. The van der Waals surface area contributed by atoms with E-state index in [1.54, 1.807) is 26.0 Å². The van der Waals surface area contributed by atoms with Crippen molar-refractivity contribution in [1.29, 1.82) is 0 Å². The van der Waals surface area contributed by atoms with Gasteiger partial charge in [-0.15, -0.1) is 0 Å². The Bertz CT molecular complexity index is 1300. The molecule has 3 rings (SSSR count). The summed E-state index contributed by atoms with van der Waals surface area (Å²) in [5.74, 6) is -0.903. The van der Waals surface area contributed by atoms with E-state index in [1.807, 2.05) is 6.92 Å². The SMILES string of the molecule is Cc1ccc(S(=O)(=O)N[C@H](C)C(=O)Oc2cc3oc(=O)c(C)c(C)c3cc2Cl)cc1. The van der Waals surface area contributed by atoms with Crippen LogP contribution in [0.5, 0.6) is 5.75 Å². The van der Waals surface area contributed by atoms with Crippen LogP contribution in [0, 0.1) is 20.8 Å². The molecular formula is C21H20ClNO6S. The van der Waals surface area contributed by atoms with Crippen molar-refractivity contribution in [3.05, 3.63) is 68.5 Å². The van der Waals surface area contributed by atoms with Crippen molar-refractivity contribution in [2.45, 2.75) is 38.6 Å². The number of carbonyl (C=O) groups excluding carboxylic acids is 1. The fourth-order valence-electron chi connectivity index (χ4n) is 2.79. The van der Waals surface area contributed by atoms with E-state index in [9.17, 15) is 18.0 Å². The Morgan fingerprint density at radius 1 is 1.10 bits per heavy atom. The topological polar surface area (TPSA) is 103 Å². The highest BCUT2D eigenvalue weighted by molar-refractivity contribution is 7.89. The van der Waals surface area contributed by atoms with Crippen LogP contribution in [-0.2, 0) is 14.8 Å². The summed E-state index contributed by atoms with van der Waals surface area (Å²) in [6.07, 6.45) is 0. The van der Waals surface area contributed by atoms with E-state index in [2.05, 4.69) is 4.72 Å². The first-order valence-electron chi connectivity index (χ1n) is 9.04. The zero-order valence-electron chi connectivity index (χ0n) is 16.8. The van der Waals surface area contributed by atoms with Crippen LogP contribution in [0.3, 0.4) is 0 Å². The van der Waals surface area contributed by atoms with Crippen LogP contribution in [0.4, 0.5) is 0 Å². The zero-order valence-corrected chi connectivity index (χ0v) is 18.3. The molecule has 1 atom stereocenters. The van der Waals surface area contributed by atoms with Gasteiger partial charge in [-0.2, -0.15) is 4.72 Å². The molecule has 0 bridgehead atoms. The lowest BCUT2D eigenvalue weighted by molar-refractivity contribution is -0.135. The number of hydrogen-bond donors (Lipinski definition) is 1. The Hall–Kier alpha value is -2.68. The van der Waals surface area contributed by atoms with E-state index < -0.39 is 27.7 Å². The molecular weight excluding hydrogens is 430 g/mol. The molecule has 0 saturated heterocycles. The van der Waals surface area contributed by atoms with Crippen LogP contribution in [0.15, 0.2) is 50.5 Å². The summed E-state index contributed by atoms with van der Waals surface area (Å²) >= 11 is 6.22. The number of fused-ring (bicyclic) bond motifs is 1. The summed E-state index contributed by atoms with van der Waals surface area (Å²) in [5.41, 5.74) is 1.79. The van der Waals surface area contributed by atoms with Gasteiger partial charge >= 0.3 is 11.6 Å². The lowest BCUT2D eigenvalue weighted by Crippen LogP contribution is -2.40. The minimum Gasteiger partial charge on any atom is -0.424 e. The third kappa shape index (κ3) is 4.40. The standard InChI is InChI=1S/C21H20ClNO6S/c1-11-5-7-15(8-6-11)30(26,27)23-14(4)21(25)29-19-10-18-16(9-17(19)22)12(2)13(3)20(24)28-18/h5-10,14,23H,1-4H3/t14-/m1/s1. The maximum absolute atomic E-state index is 12.5. The van der Waals surface area contributed by atoms with Crippen molar-refractivity contribution in [3.8, 4) is 5.75 Å². The second-order valence-electron chi connectivity index (χ2n) is 7.00. The van der Waals surface area contributed by atoms with E-state index in [4.69, 9.17) is 20.8 Å². The summed E-state index contributed by atoms with van der Waals surface area (Å²) in [7, 11) is -3.92. The molecule has 0 radical (unpaired) electrons. The van der Waals surface area contributed by atoms with Crippen LogP contribution >= 0.6 is 11.6 Å². The quantitative estimate of drug-likeness (QED) is 0.362. The highest BCUT2D eigenvalue weighted by Crippen LogP contribution is 2.32. The molecule has 7 nitrogen and oxygen atoms in total. The van der Waals surface area contributed by atoms with Gasteiger partial charge in [0.1, 0.15) is 11.6 Å². The number of esters is 1. The van der Waals surface area contributed by atoms with Gasteiger partial charge in [0.25, 0.3) is 0 Å². The summed E-state index contributed by atoms with van der Waals surface area (Å²) in [5, 5.41) is 0.741. The monoisotopic (exact) mass is 449 g/mol. The molecule has 0 aliphatic rings. The molecule has 0 fully saturated rings. The summed E-state index contributed by atoms with van der Waals surface area (Å²) < 4.78 is 37.7. The number of benzene rings is 2. The molecule has 9 heteroatoms. The Balaban J connectivity index is 1.83. The molecule has 1 N–H and O–H groups in total. The van der Waals surface area contributed by atoms with Crippen LogP contribution < -0.4 is 15.1 Å². The average molecular weight is 450 g/mol. The van der Waals surface area contributed by atoms with E-state index in [1.165, 1.54) is 31.2 Å². The normalized spacial score (nSPS) is 12.7. The molecule has 1 heterocycles. The number of carbonyl (C=O) groups is 1. The Labute approximate surface area is 178 Å². The molecule has 30 heavy (non-hydrogen) atoms. The molecule has 1 aromatic heterocycles. The summed E-state index contributed by atoms with van der Waals surface area (Å²) in [6.45, 7) is 6.60. The fraction of sp³-hybridized carbons (Fsp3) is 0.238. The molecule has 0 amide bonds. The van der Waals surface area contributed by atoms with Gasteiger partial charge in [-0.3, -0.25) is 0 Å². The van der Waals surface area contributed by atoms with E-state index >= 15 is 0 Å². The van der Waals surface area contributed by atoms with Crippen molar-refractivity contribution in [3.63, 3.8) is 0 Å². The van der Waals surface area contributed by atoms with Gasteiger partial charge in [0.05, 0.1) is 9.92 Å². The number of hydrogen-bond acceptors (Lipinski definition) is 6. The van der Waals surface area contributed by atoms with Gasteiger partial charge in [-0.1, -0.05) is 29.3 Å². The predicted octanol–water partition coefficient (Wildman–Crippen LogP) is 3.64. The minimum absolute atomic E-state index is 0.0316. The molecule has 158 valence electrons. The maximum atomic E-state index is 12.5. The van der Waals surface area contributed by atoms with Gasteiger partial charge in [0.2, 0.25) is 10.0 Å². The van der Waals surface area contributed by atoms with Crippen molar-refractivity contribution >= 4 is 38.6 Å². The number of nitrogens with one attached hydrogen (secondary N) is 1. The van der Waals surface area contributed by atoms with E-state index in [-0.39, 0.29) is 21.3 Å². The van der Waals surface area contributed by atoms with Crippen LogP contribution in [-0.4, -0.2) is 20.4 Å². The van der Waals surface area contributed by atoms with Crippen molar-refractivity contribution in [2.24, 2.45) is 0 Å². The largest absolute Gasteiger partial charge is 0.424 e. The van der Waals surface area contributed by atoms with Crippen LogP contribution in [0.2, 0.25) is 5.02 Å². The molecule has 0 saturated carbocycles. The van der Waals surface area contributed by atoms with Crippen molar-refractivity contribution < 1.29 is 22.4 Å². The number of rotatable bonds is 5. The smallest absolute Gasteiger partial charge is 0.339 e. The van der Waals surface area contributed by atoms with Gasteiger partial charge in [0.15, 0.2) is 5.75 Å². The van der Waals surface area contributed by atoms with Gasteiger partial charge in [0, 0.05) is 17.0 Å². The third-order valence-electron chi connectivity index (χ3n) is 4.74. The zero-order chi connectivity index (χ0) is 22.2. The van der Waals surface area contributed by atoms with Crippen molar-refractivity contribution in [2.75, 3.05) is 0 Å². The lowest BCUT2D eigenvalue weighted by Gasteiger charge is -2.15. The molecule has 0 aliphatic carbocycles. The first kappa shape index (κ1) is 22.0. The maximum Gasteiger partial charge on any atom is 0.339 e. The molecule has 2 aromatic carbocycles. The Morgan fingerprint density at radius 2 is 1.73 bits per heavy atom.